The Morgan fingerprint density at radius 3 is 2.38 bits per heavy atom. The number of carbonyl (C=O) groups excluding carboxylic acids is 1. The average Bonchev–Trinajstić information content (AvgIpc) is 3.89. The highest BCUT2D eigenvalue weighted by atomic mass is 35.5. The third-order valence-corrected chi connectivity index (χ3v) is 11.2. The van der Waals surface area contributed by atoms with Gasteiger partial charge < -0.3 is 18.8 Å². The van der Waals surface area contributed by atoms with Gasteiger partial charge in [-0.2, -0.15) is 15.3 Å². The van der Waals surface area contributed by atoms with Gasteiger partial charge in [0.2, 0.25) is 0 Å². The molecule has 1 amide bonds. The van der Waals surface area contributed by atoms with Crippen LogP contribution in [-0.2, 0) is 20.5 Å². The number of hydrogen-bond donors (Lipinski definition) is 0. The summed E-state index contributed by atoms with van der Waals surface area (Å²) in [5.41, 5.74) is 10.6. The Hall–Kier alpha value is -5.13. The molecule has 8 rings (SSSR count). The standard InChI is InChI=1S/C39H39Cl2N9O2/c1-21-17-26(18-22(2)35(21)41)52-16-8-9-27-28-10-11-29(40)34(33-24(4)45-47(7)25(33)5)37(28)49-23(3)19-48(39(51)38(27)49)31-20-46(6)30-12-13-32(44-36(30)31)50-42-14-15-43-50/h10-15,17-18,20,23H,8-9,16,19H2,1-7H3. The van der Waals surface area contributed by atoms with Crippen molar-refractivity contribution in [1.82, 2.24) is 38.9 Å². The number of hydrogen-bond acceptors (Lipinski definition) is 6. The normalized spacial score (nSPS) is 14.6. The summed E-state index contributed by atoms with van der Waals surface area (Å²) in [7, 11) is 3.91. The Balaban J connectivity index is 1.26. The fraction of sp³-hybridized carbons (Fsp3) is 0.308. The first-order valence-corrected chi connectivity index (χ1v) is 18.1. The summed E-state index contributed by atoms with van der Waals surface area (Å²) in [5.74, 6) is 1.27. The Morgan fingerprint density at radius 2 is 1.69 bits per heavy atom. The van der Waals surface area contributed by atoms with E-state index < -0.39 is 0 Å². The minimum absolute atomic E-state index is 0.0900. The van der Waals surface area contributed by atoms with Crippen molar-refractivity contribution in [3.63, 3.8) is 0 Å². The van der Waals surface area contributed by atoms with Gasteiger partial charge in [0, 0.05) is 60.1 Å². The molecule has 0 saturated heterocycles. The monoisotopic (exact) mass is 735 g/mol. The largest absolute Gasteiger partial charge is 0.494 e. The van der Waals surface area contributed by atoms with Crippen LogP contribution in [-0.4, -0.2) is 58.0 Å². The predicted molar refractivity (Wildman–Crippen MR) is 205 cm³/mol. The van der Waals surface area contributed by atoms with Crippen LogP contribution in [0.5, 0.6) is 5.75 Å². The highest BCUT2D eigenvalue weighted by Crippen LogP contribution is 2.45. The number of fused-ring (bicyclic) bond motifs is 4. The quantitative estimate of drug-likeness (QED) is 0.146. The molecule has 13 heteroatoms. The molecular formula is C39H39Cl2N9O2. The lowest BCUT2D eigenvalue weighted by molar-refractivity contribution is 0.0957. The number of carbonyl (C=O) groups is 1. The molecule has 52 heavy (non-hydrogen) atoms. The number of ether oxygens (including phenoxy) is 1. The number of aromatic nitrogens is 8. The Morgan fingerprint density at radius 1 is 0.962 bits per heavy atom. The second-order valence-electron chi connectivity index (χ2n) is 13.8. The summed E-state index contributed by atoms with van der Waals surface area (Å²) in [6.07, 6.45) is 6.52. The van der Waals surface area contributed by atoms with E-state index in [9.17, 15) is 0 Å². The maximum absolute atomic E-state index is 15.1. The number of halogens is 2. The topological polar surface area (TPSA) is 101 Å². The Labute approximate surface area is 311 Å². The van der Waals surface area contributed by atoms with Gasteiger partial charge in [-0.05, 0) is 94.5 Å². The van der Waals surface area contributed by atoms with E-state index in [4.69, 9.17) is 38.0 Å². The van der Waals surface area contributed by atoms with Crippen molar-refractivity contribution < 1.29 is 9.53 Å². The molecule has 0 radical (unpaired) electrons. The van der Waals surface area contributed by atoms with Crippen molar-refractivity contribution in [2.24, 2.45) is 14.1 Å². The second kappa shape index (κ2) is 12.8. The molecular weight excluding hydrogens is 697 g/mol. The van der Waals surface area contributed by atoms with Gasteiger partial charge in [0.1, 0.15) is 17.0 Å². The van der Waals surface area contributed by atoms with E-state index in [2.05, 4.69) is 34.7 Å². The molecule has 1 unspecified atom stereocenters. The van der Waals surface area contributed by atoms with Gasteiger partial charge >= 0.3 is 0 Å². The summed E-state index contributed by atoms with van der Waals surface area (Å²) in [6.45, 7) is 11.1. The van der Waals surface area contributed by atoms with E-state index >= 15 is 4.79 Å². The molecule has 266 valence electrons. The molecule has 0 spiro atoms. The molecule has 7 aromatic rings. The van der Waals surface area contributed by atoms with E-state index in [-0.39, 0.29) is 11.9 Å². The third kappa shape index (κ3) is 5.37. The van der Waals surface area contributed by atoms with Gasteiger partial charge in [0.25, 0.3) is 5.91 Å². The highest BCUT2D eigenvalue weighted by molar-refractivity contribution is 6.35. The van der Waals surface area contributed by atoms with Crippen LogP contribution in [0, 0.1) is 27.7 Å². The van der Waals surface area contributed by atoms with Gasteiger partial charge in [0.05, 0.1) is 46.4 Å². The van der Waals surface area contributed by atoms with Crippen LogP contribution in [0.15, 0.2) is 55.0 Å². The molecule has 0 N–H and O–H groups in total. The Bertz CT molecular complexity index is 2520. The number of anilines is 1. The third-order valence-electron chi connectivity index (χ3n) is 10.3. The smallest absolute Gasteiger partial charge is 0.275 e. The zero-order valence-electron chi connectivity index (χ0n) is 30.2. The zero-order valence-corrected chi connectivity index (χ0v) is 31.7. The number of nitrogens with zero attached hydrogens (tertiary/aromatic N) is 9. The first kappa shape index (κ1) is 34.0. The van der Waals surface area contributed by atoms with Crippen molar-refractivity contribution in [3.05, 3.63) is 98.8 Å². The van der Waals surface area contributed by atoms with Crippen LogP contribution >= 0.6 is 23.2 Å². The van der Waals surface area contributed by atoms with Crippen LogP contribution in [0.4, 0.5) is 5.69 Å². The van der Waals surface area contributed by atoms with E-state index in [1.54, 1.807) is 12.4 Å². The van der Waals surface area contributed by atoms with E-state index in [1.807, 2.05) is 85.5 Å². The molecule has 6 heterocycles. The molecule has 0 aliphatic carbocycles. The van der Waals surface area contributed by atoms with Crippen LogP contribution in [0.2, 0.25) is 10.0 Å². The molecule has 0 bridgehead atoms. The summed E-state index contributed by atoms with van der Waals surface area (Å²) >= 11 is 13.5. The van der Waals surface area contributed by atoms with Crippen molar-refractivity contribution >= 4 is 56.7 Å². The molecule has 1 aliphatic rings. The van der Waals surface area contributed by atoms with Gasteiger partial charge in [-0.25, -0.2) is 4.98 Å². The van der Waals surface area contributed by atoms with E-state index in [0.717, 1.165) is 72.1 Å². The summed E-state index contributed by atoms with van der Waals surface area (Å²) in [4.78, 5) is 23.4. The summed E-state index contributed by atoms with van der Waals surface area (Å²) in [6, 6.07) is 11.7. The number of aryl methyl sites for hydroxylation is 6. The van der Waals surface area contributed by atoms with Gasteiger partial charge in [-0.15, -0.1) is 4.80 Å². The minimum Gasteiger partial charge on any atom is -0.494 e. The maximum atomic E-state index is 15.1. The highest BCUT2D eigenvalue weighted by Gasteiger charge is 2.38. The first-order valence-electron chi connectivity index (χ1n) is 17.3. The number of rotatable bonds is 8. The molecule has 11 nitrogen and oxygen atoms in total. The zero-order chi connectivity index (χ0) is 36.6. The maximum Gasteiger partial charge on any atom is 0.275 e. The number of pyridine rings is 1. The van der Waals surface area contributed by atoms with Crippen molar-refractivity contribution in [3.8, 4) is 22.7 Å². The van der Waals surface area contributed by atoms with Crippen LogP contribution in [0.3, 0.4) is 0 Å². The van der Waals surface area contributed by atoms with Gasteiger partial charge in [-0.1, -0.05) is 29.3 Å². The Kier molecular flexibility index (Phi) is 8.38. The van der Waals surface area contributed by atoms with Crippen LogP contribution in [0.25, 0.3) is 38.9 Å². The van der Waals surface area contributed by atoms with Crippen LogP contribution in [0.1, 0.15) is 58.0 Å². The molecule has 1 aliphatic heterocycles. The van der Waals surface area contributed by atoms with E-state index in [0.29, 0.717) is 48.0 Å². The molecule has 0 fully saturated rings. The molecule has 0 saturated carbocycles. The molecule has 5 aromatic heterocycles. The summed E-state index contributed by atoms with van der Waals surface area (Å²) in [5, 5.41) is 15.7. The second-order valence-corrected chi connectivity index (χ2v) is 14.5. The average molecular weight is 737 g/mol. The lowest BCUT2D eigenvalue weighted by Crippen LogP contribution is -2.42. The summed E-state index contributed by atoms with van der Waals surface area (Å²) < 4.78 is 12.3. The number of amides is 1. The fourth-order valence-corrected chi connectivity index (χ4v) is 8.16. The van der Waals surface area contributed by atoms with E-state index in [1.165, 1.54) is 4.80 Å². The number of benzene rings is 2. The molecule has 1 atom stereocenters. The first-order chi connectivity index (χ1) is 24.9. The lowest BCUT2D eigenvalue weighted by atomic mass is 9.98. The lowest BCUT2D eigenvalue weighted by Gasteiger charge is -2.34. The van der Waals surface area contributed by atoms with Gasteiger partial charge in [0.15, 0.2) is 5.82 Å². The van der Waals surface area contributed by atoms with Gasteiger partial charge in [-0.3, -0.25) is 9.48 Å². The predicted octanol–water partition coefficient (Wildman–Crippen LogP) is 8.28. The van der Waals surface area contributed by atoms with Crippen molar-refractivity contribution in [1.29, 1.82) is 0 Å². The SMILES string of the molecule is Cc1cc(OCCCc2c3n(c4c(-c5c(C)nn(C)c5C)c(Cl)ccc24)C(C)CN(c2cn(C)c4ccc(-n5nccn5)nc24)C3=O)cc(C)c1Cl. The van der Waals surface area contributed by atoms with Crippen molar-refractivity contribution in [2.45, 2.75) is 53.5 Å². The minimum atomic E-state index is -0.0964. The van der Waals surface area contributed by atoms with Crippen LogP contribution < -0.4 is 9.64 Å². The van der Waals surface area contributed by atoms with Crippen molar-refractivity contribution in [2.75, 3.05) is 18.1 Å². The fourth-order valence-electron chi connectivity index (χ4n) is 7.81. The molecule has 2 aromatic carbocycles.